The van der Waals surface area contributed by atoms with Gasteiger partial charge in [-0.2, -0.15) is 0 Å². The highest BCUT2D eigenvalue weighted by Crippen LogP contribution is 2.27. The third kappa shape index (κ3) is 4.09. The number of carbonyl (C=O) groups is 1. The van der Waals surface area contributed by atoms with E-state index in [1.54, 1.807) is 17.9 Å². The predicted molar refractivity (Wildman–Crippen MR) is 81.7 cm³/mol. The van der Waals surface area contributed by atoms with Gasteiger partial charge in [0, 0.05) is 23.7 Å². The van der Waals surface area contributed by atoms with E-state index in [1.165, 1.54) is 0 Å². The molecular formula is C15H21ClN2O3. The molecule has 0 bridgehead atoms. The summed E-state index contributed by atoms with van der Waals surface area (Å²) in [6, 6.07) is 5.43. The lowest BCUT2D eigenvalue weighted by molar-refractivity contribution is -0.142. The summed E-state index contributed by atoms with van der Waals surface area (Å²) in [6.07, 6.45) is 0.0612. The minimum atomic E-state index is -0.557. The molecular weight excluding hydrogens is 292 g/mol. The van der Waals surface area contributed by atoms with Crippen LogP contribution in [0, 0.1) is 0 Å². The topological polar surface area (TPSA) is 64.8 Å². The largest absolute Gasteiger partial charge is 0.481 e. The third-order valence-corrected chi connectivity index (χ3v) is 3.80. The van der Waals surface area contributed by atoms with Gasteiger partial charge in [0.15, 0.2) is 6.10 Å². The fourth-order valence-corrected chi connectivity index (χ4v) is 2.58. The Morgan fingerprint density at radius 2 is 2.19 bits per heavy atom. The van der Waals surface area contributed by atoms with Crippen molar-refractivity contribution in [2.75, 3.05) is 32.8 Å². The van der Waals surface area contributed by atoms with Crippen molar-refractivity contribution in [2.24, 2.45) is 5.73 Å². The van der Waals surface area contributed by atoms with Crippen molar-refractivity contribution in [3.8, 4) is 5.75 Å². The van der Waals surface area contributed by atoms with E-state index < -0.39 is 6.10 Å². The van der Waals surface area contributed by atoms with E-state index in [4.69, 9.17) is 26.8 Å². The molecule has 0 aliphatic carbocycles. The molecule has 5 nitrogen and oxygen atoms in total. The number of rotatable bonds is 5. The van der Waals surface area contributed by atoms with Crippen LogP contribution in [0.1, 0.15) is 12.5 Å². The number of amides is 1. The Morgan fingerprint density at radius 3 is 2.86 bits per heavy atom. The van der Waals surface area contributed by atoms with Crippen LogP contribution >= 0.6 is 11.6 Å². The summed E-state index contributed by atoms with van der Waals surface area (Å²) in [5.74, 6) is 0.596. The first-order valence-corrected chi connectivity index (χ1v) is 7.52. The van der Waals surface area contributed by atoms with Crippen molar-refractivity contribution in [3.05, 3.63) is 28.8 Å². The van der Waals surface area contributed by atoms with Gasteiger partial charge < -0.3 is 20.1 Å². The number of hydrogen-bond donors (Lipinski definition) is 1. The van der Waals surface area contributed by atoms with Crippen LogP contribution in [0.3, 0.4) is 0 Å². The maximum Gasteiger partial charge on any atom is 0.263 e. The first-order valence-electron chi connectivity index (χ1n) is 7.14. The van der Waals surface area contributed by atoms with Crippen LogP contribution in [-0.4, -0.2) is 49.8 Å². The van der Waals surface area contributed by atoms with Gasteiger partial charge in [-0.05, 0) is 32.0 Å². The smallest absolute Gasteiger partial charge is 0.263 e. The van der Waals surface area contributed by atoms with Crippen LogP contribution in [0.4, 0.5) is 0 Å². The Bertz CT molecular complexity index is 490. The predicted octanol–water partition coefficient (Wildman–Crippen LogP) is 1.47. The van der Waals surface area contributed by atoms with Gasteiger partial charge >= 0.3 is 0 Å². The van der Waals surface area contributed by atoms with Gasteiger partial charge in [-0.3, -0.25) is 4.79 Å². The van der Waals surface area contributed by atoms with Crippen LogP contribution in [-0.2, 0) is 16.0 Å². The highest BCUT2D eigenvalue weighted by molar-refractivity contribution is 6.31. The molecule has 1 atom stereocenters. The molecule has 116 valence electrons. The monoisotopic (exact) mass is 312 g/mol. The summed E-state index contributed by atoms with van der Waals surface area (Å²) in [4.78, 5) is 14.1. The molecule has 1 amide bonds. The zero-order valence-corrected chi connectivity index (χ0v) is 12.9. The number of hydrogen-bond acceptors (Lipinski definition) is 4. The zero-order chi connectivity index (χ0) is 15.2. The van der Waals surface area contributed by atoms with E-state index >= 15 is 0 Å². The van der Waals surface area contributed by atoms with E-state index in [0.717, 1.165) is 5.56 Å². The summed E-state index contributed by atoms with van der Waals surface area (Å²) in [5, 5.41) is 0.615. The molecule has 2 N–H and O–H groups in total. The SMILES string of the molecule is CC(Oc1cccc(Cl)c1CCN)C(=O)N1CCOCC1. The molecule has 0 saturated carbocycles. The van der Waals surface area contributed by atoms with Crippen molar-refractivity contribution in [1.29, 1.82) is 0 Å². The Hall–Kier alpha value is -1.30. The highest BCUT2D eigenvalue weighted by Gasteiger charge is 2.24. The van der Waals surface area contributed by atoms with Crippen LogP contribution in [0.2, 0.25) is 5.02 Å². The molecule has 1 unspecified atom stereocenters. The molecule has 0 radical (unpaired) electrons. The molecule has 1 fully saturated rings. The van der Waals surface area contributed by atoms with Gasteiger partial charge in [-0.15, -0.1) is 0 Å². The van der Waals surface area contributed by atoms with E-state index in [0.29, 0.717) is 50.0 Å². The lowest BCUT2D eigenvalue weighted by Gasteiger charge is -2.29. The Labute approximate surface area is 130 Å². The fourth-order valence-electron chi connectivity index (χ4n) is 2.32. The lowest BCUT2D eigenvalue weighted by Crippen LogP contribution is -2.46. The van der Waals surface area contributed by atoms with Gasteiger partial charge in [0.2, 0.25) is 0 Å². The van der Waals surface area contributed by atoms with Crippen molar-refractivity contribution in [1.82, 2.24) is 4.90 Å². The third-order valence-electron chi connectivity index (χ3n) is 3.44. The molecule has 0 spiro atoms. The number of halogens is 1. The highest BCUT2D eigenvalue weighted by atomic mass is 35.5. The summed E-state index contributed by atoms with van der Waals surface area (Å²) in [7, 11) is 0. The Kier molecular flexibility index (Phi) is 5.85. The van der Waals surface area contributed by atoms with E-state index in [-0.39, 0.29) is 5.91 Å². The average Bonchev–Trinajstić information content (AvgIpc) is 2.51. The number of nitrogens with two attached hydrogens (primary N) is 1. The molecule has 1 saturated heterocycles. The summed E-state index contributed by atoms with van der Waals surface area (Å²) in [5.41, 5.74) is 6.45. The lowest BCUT2D eigenvalue weighted by atomic mass is 10.1. The normalized spacial score (nSPS) is 16.6. The molecule has 1 aromatic rings. The molecule has 2 rings (SSSR count). The first-order chi connectivity index (χ1) is 10.1. The fraction of sp³-hybridized carbons (Fsp3) is 0.533. The minimum absolute atomic E-state index is 0.0306. The number of benzene rings is 1. The summed E-state index contributed by atoms with van der Waals surface area (Å²) in [6.45, 7) is 4.61. The van der Waals surface area contributed by atoms with Crippen molar-refractivity contribution in [3.63, 3.8) is 0 Å². The number of morpholine rings is 1. The van der Waals surface area contributed by atoms with Gasteiger partial charge in [0.05, 0.1) is 13.2 Å². The average molecular weight is 313 g/mol. The van der Waals surface area contributed by atoms with Crippen molar-refractivity contribution < 1.29 is 14.3 Å². The van der Waals surface area contributed by atoms with E-state index in [9.17, 15) is 4.79 Å². The first kappa shape index (κ1) is 16.1. The zero-order valence-electron chi connectivity index (χ0n) is 12.2. The molecule has 1 aromatic carbocycles. The van der Waals surface area contributed by atoms with E-state index in [2.05, 4.69) is 0 Å². The van der Waals surface area contributed by atoms with Gasteiger partial charge in [0.1, 0.15) is 5.75 Å². The van der Waals surface area contributed by atoms with E-state index in [1.807, 2.05) is 12.1 Å². The van der Waals surface area contributed by atoms with Crippen LogP contribution < -0.4 is 10.5 Å². The van der Waals surface area contributed by atoms with Crippen molar-refractivity contribution >= 4 is 17.5 Å². The molecule has 1 aliphatic heterocycles. The molecule has 0 aromatic heterocycles. The second-order valence-electron chi connectivity index (χ2n) is 4.95. The second kappa shape index (κ2) is 7.64. The quantitative estimate of drug-likeness (QED) is 0.894. The molecule has 6 heteroatoms. The van der Waals surface area contributed by atoms with Crippen molar-refractivity contribution in [2.45, 2.75) is 19.4 Å². The van der Waals surface area contributed by atoms with Crippen LogP contribution in [0.25, 0.3) is 0 Å². The molecule has 1 heterocycles. The number of ether oxygens (including phenoxy) is 2. The maximum atomic E-state index is 12.3. The maximum absolute atomic E-state index is 12.3. The minimum Gasteiger partial charge on any atom is -0.481 e. The molecule has 1 aliphatic rings. The van der Waals surface area contributed by atoms with Gasteiger partial charge in [0.25, 0.3) is 5.91 Å². The van der Waals surface area contributed by atoms with Crippen LogP contribution in [0.15, 0.2) is 18.2 Å². The molecule has 21 heavy (non-hydrogen) atoms. The second-order valence-corrected chi connectivity index (χ2v) is 5.36. The number of carbonyl (C=O) groups excluding carboxylic acids is 1. The number of nitrogens with zero attached hydrogens (tertiary/aromatic N) is 1. The van der Waals surface area contributed by atoms with Gasteiger partial charge in [-0.1, -0.05) is 17.7 Å². The Balaban J connectivity index is 2.06. The summed E-state index contributed by atoms with van der Waals surface area (Å²) < 4.78 is 11.1. The Morgan fingerprint density at radius 1 is 1.48 bits per heavy atom. The summed E-state index contributed by atoms with van der Waals surface area (Å²) >= 11 is 6.17. The van der Waals surface area contributed by atoms with Gasteiger partial charge in [-0.25, -0.2) is 0 Å². The van der Waals surface area contributed by atoms with Crippen LogP contribution in [0.5, 0.6) is 5.75 Å². The standard InChI is InChI=1S/C15H21ClN2O3/c1-11(15(19)18-7-9-20-10-8-18)21-14-4-2-3-13(16)12(14)5-6-17/h2-4,11H,5-10,17H2,1H3.